The summed E-state index contributed by atoms with van der Waals surface area (Å²) < 4.78 is 13.0. The molecule has 0 saturated carbocycles. The maximum absolute atomic E-state index is 13.0. The molecular weight excluding hydrogens is 257 g/mol. The molecule has 0 saturated heterocycles. The summed E-state index contributed by atoms with van der Waals surface area (Å²) in [6, 6.07) is 10.2. The van der Waals surface area contributed by atoms with Gasteiger partial charge in [-0.1, -0.05) is 18.2 Å². The van der Waals surface area contributed by atoms with Crippen molar-refractivity contribution in [2.75, 3.05) is 5.32 Å². The molecule has 0 fully saturated rings. The Hall–Kier alpha value is -2.43. The van der Waals surface area contributed by atoms with Crippen LogP contribution < -0.4 is 11.1 Å². The van der Waals surface area contributed by atoms with Gasteiger partial charge < -0.3 is 11.1 Å². The molecule has 1 heterocycles. The third kappa shape index (κ3) is 2.61. The van der Waals surface area contributed by atoms with Gasteiger partial charge in [-0.05, 0) is 37.6 Å². The second-order valence-corrected chi connectivity index (χ2v) is 4.79. The number of amides is 1. The molecule has 4 nitrogen and oxygen atoms in total. The van der Waals surface area contributed by atoms with Crippen molar-refractivity contribution in [3.8, 4) is 0 Å². The zero-order valence-electron chi connectivity index (χ0n) is 11.4. The van der Waals surface area contributed by atoms with Crippen molar-refractivity contribution in [1.29, 1.82) is 0 Å². The zero-order chi connectivity index (χ0) is 14.8. The Balaban J connectivity index is 2.43. The topological polar surface area (TPSA) is 68.0 Å². The predicted octanol–water partition coefficient (Wildman–Crippen LogP) is 2.34. The Morgan fingerprint density at radius 2 is 2.00 bits per heavy atom. The number of nitrogens with two attached hydrogens (primary N) is 1. The van der Waals surface area contributed by atoms with Gasteiger partial charge in [0.1, 0.15) is 5.82 Å². The van der Waals surface area contributed by atoms with E-state index in [1.165, 1.54) is 12.1 Å². The first-order valence-corrected chi connectivity index (χ1v) is 6.19. The molecule has 20 heavy (non-hydrogen) atoms. The lowest BCUT2D eigenvalue weighted by atomic mass is 9.95. The van der Waals surface area contributed by atoms with Gasteiger partial charge in [0.15, 0.2) is 5.54 Å². The van der Waals surface area contributed by atoms with Crippen LogP contribution in [0.3, 0.4) is 0 Å². The van der Waals surface area contributed by atoms with Gasteiger partial charge in [-0.3, -0.25) is 9.78 Å². The van der Waals surface area contributed by atoms with E-state index >= 15 is 0 Å². The summed E-state index contributed by atoms with van der Waals surface area (Å²) in [5.74, 6) is -1.05. The molecule has 1 aromatic carbocycles. The van der Waals surface area contributed by atoms with Crippen molar-refractivity contribution in [3.63, 3.8) is 0 Å². The number of aromatic nitrogens is 1. The van der Waals surface area contributed by atoms with Crippen molar-refractivity contribution >= 4 is 11.6 Å². The molecule has 0 aliphatic heterocycles. The highest BCUT2D eigenvalue weighted by molar-refractivity contribution is 5.88. The van der Waals surface area contributed by atoms with E-state index in [1.54, 1.807) is 6.92 Å². The number of hydrogen-bond acceptors (Lipinski definition) is 3. The number of anilines is 1. The Labute approximate surface area is 116 Å². The van der Waals surface area contributed by atoms with Crippen molar-refractivity contribution in [2.45, 2.75) is 19.4 Å². The molecule has 1 atom stereocenters. The van der Waals surface area contributed by atoms with E-state index in [4.69, 9.17) is 5.73 Å². The van der Waals surface area contributed by atoms with E-state index < -0.39 is 17.3 Å². The normalized spacial score (nSPS) is 13.6. The fourth-order valence-corrected chi connectivity index (χ4v) is 1.91. The summed E-state index contributed by atoms with van der Waals surface area (Å²) in [6.45, 7) is 3.55. The number of nitrogens with zero attached hydrogens (tertiary/aromatic N) is 1. The van der Waals surface area contributed by atoms with Crippen LogP contribution in [0, 0.1) is 12.7 Å². The highest BCUT2D eigenvalue weighted by Gasteiger charge is 2.35. The number of rotatable bonds is 4. The van der Waals surface area contributed by atoms with Gasteiger partial charge >= 0.3 is 0 Å². The monoisotopic (exact) mass is 273 g/mol. The minimum atomic E-state index is -1.21. The molecule has 3 N–H and O–H groups in total. The summed E-state index contributed by atoms with van der Waals surface area (Å²) in [6.07, 6.45) is 1.07. The quantitative estimate of drug-likeness (QED) is 0.898. The molecule has 0 bridgehead atoms. The molecule has 0 aliphatic carbocycles. The number of pyridine rings is 1. The summed E-state index contributed by atoms with van der Waals surface area (Å²) in [5.41, 5.74) is 6.42. The fraction of sp³-hybridized carbons (Fsp3) is 0.200. The lowest BCUT2D eigenvalue weighted by Crippen LogP contribution is -2.46. The molecule has 0 radical (unpaired) electrons. The number of carbonyl (C=O) groups excluding carboxylic acids is 1. The van der Waals surface area contributed by atoms with E-state index in [0.717, 1.165) is 17.4 Å². The van der Waals surface area contributed by atoms with Crippen LogP contribution in [0.5, 0.6) is 0 Å². The molecule has 1 amide bonds. The van der Waals surface area contributed by atoms with Crippen LogP contribution >= 0.6 is 0 Å². The molecule has 0 spiro atoms. The second kappa shape index (κ2) is 5.28. The third-order valence-corrected chi connectivity index (χ3v) is 3.26. The lowest BCUT2D eigenvalue weighted by Gasteiger charge is -2.28. The number of aryl methyl sites for hydroxylation is 1. The molecule has 104 valence electrons. The van der Waals surface area contributed by atoms with Gasteiger partial charge in [0.25, 0.3) is 0 Å². The van der Waals surface area contributed by atoms with Crippen molar-refractivity contribution in [1.82, 2.24) is 4.98 Å². The van der Waals surface area contributed by atoms with Gasteiger partial charge in [-0.25, -0.2) is 4.39 Å². The maximum atomic E-state index is 13.0. The van der Waals surface area contributed by atoms with Crippen LogP contribution in [0.25, 0.3) is 0 Å². The van der Waals surface area contributed by atoms with E-state index in [9.17, 15) is 9.18 Å². The first kappa shape index (κ1) is 14.0. The van der Waals surface area contributed by atoms with Crippen LogP contribution in [-0.2, 0) is 10.3 Å². The number of hydrogen-bond donors (Lipinski definition) is 2. The molecule has 0 aliphatic rings. The maximum Gasteiger partial charge on any atom is 0.249 e. The average molecular weight is 273 g/mol. The smallest absolute Gasteiger partial charge is 0.249 e. The van der Waals surface area contributed by atoms with Gasteiger partial charge in [0.2, 0.25) is 5.91 Å². The molecule has 2 aromatic rings. The van der Waals surface area contributed by atoms with Gasteiger partial charge in [-0.2, -0.15) is 0 Å². The Morgan fingerprint density at radius 3 is 2.55 bits per heavy atom. The summed E-state index contributed by atoms with van der Waals surface area (Å²) >= 11 is 0. The number of benzene rings is 1. The van der Waals surface area contributed by atoms with Crippen molar-refractivity contribution in [2.24, 2.45) is 5.73 Å². The average Bonchev–Trinajstić information content (AvgIpc) is 2.42. The number of halogens is 1. The Morgan fingerprint density at radius 1 is 1.30 bits per heavy atom. The largest absolute Gasteiger partial charge is 0.367 e. The minimum Gasteiger partial charge on any atom is -0.367 e. The molecule has 5 heteroatoms. The van der Waals surface area contributed by atoms with Crippen LogP contribution in [0.1, 0.15) is 18.2 Å². The lowest BCUT2D eigenvalue weighted by molar-refractivity contribution is -0.122. The van der Waals surface area contributed by atoms with E-state index in [1.807, 2.05) is 31.2 Å². The van der Waals surface area contributed by atoms with Crippen LogP contribution in [-0.4, -0.2) is 10.9 Å². The second-order valence-electron chi connectivity index (χ2n) is 4.79. The first-order chi connectivity index (χ1) is 9.43. The van der Waals surface area contributed by atoms with Crippen molar-refractivity contribution in [3.05, 3.63) is 59.7 Å². The number of para-hydroxylation sites is 1. The highest BCUT2D eigenvalue weighted by Crippen LogP contribution is 2.26. The predicted molar refractivity (Wildman–Crippen MR) is 75.5 cm³/mol. The van der Waals surface area contributed by atoms with Gasteiger partial charge in [-0.15, -0.1) is 0 Å². The van der Waals surface area contributed by atoms with Crippen LogP contribution in [0.2, 0.25) is 0 Å². The summed E-state index contributed by atoms with van der Waals surface area (Å²) in [4.78, 5) is 15.8. The molecular formula is C15H16FN3O. The zero-order valence-corrected chi connectivity index (χ0v) is 11.4. The summed E-state index contributed by atoms with van der Waals surface area (Å²) in [5, 5.41) is 3.10. The number of carbonyl (C=O) groups is 1. The number of nitrogens with one attached hydrogen (secondary N) is 1. The van der Waals surface area contributed by atoms with Crippen LogP contribution in [0.15, 0.2) is 42.6 Å². The Kier molecular flexibility index (Phi) is 3.70. The van der Waals surface area contributed by atoms with E-state index in [-0.39, 0.29) is 0 Å². The molecule has 1 unspecified atom stereocenters. The molecule has 1 aromatic heterocycles. The van der Waals surface area contributed by atoms with Crippen LogP contribution in [0.4, 0.5) is 10.1 Å². The first-order valence-electron chi connectivity index (χ1n) is 6.19. The highest BCUT2D eigenvalue weighted by atomic mass is 19.1. The Bertz CT molecular complexity index is 627. The van der Waals surface area contributed by atoms with Gasteiger partial charge in [0.05, 0.1) is 11.9 Å². The van der Waals surface area contributed by atoms with E-state index in [2.05, 4.69) is 10.3 Å². The summed E-state index contributed by atoms with van der Waals surface area (Å²) in [7, 11) is 0. The third-order valence-electron chi connectivity index (χ3n) is 3.26. The molecule has 2 rings (SSSR count). The van der Waals surface area contributed by atoms with Gasteiger partial charge in [0, 0.05) is 5.69 Å². The van der Waals surface area contributed by atoms with E-state index in [0.29, 0.717) is 5.69 Å². The standard InChI is InChI=1S/C15H16FN3O/c1-10-5-3-4-6-12(10)19-15(2,14(17)20)13-8-7-11(16)9-18-13/h3-9,19H,1-2H3,(H2,17,20). The number of primary amides is 1. The minimum absolute atomic E-state index is 0.370. The van der Waals surface area contributed by atoms with Crippen molar-refractivity contribution < 1.29 is 9.18 Å². The SMILES string of the molecule is Cc1ccccc1NC(C)(C(N)=O)c1ccc(F)cn1. The fourth-order valence-electron chi connectivity index (χ4n) is 1.91.